The van der Waals surface area contributed by atoms with Crippen LogP contribution in [-0.2, 0) is 13.1 Å². The standard InChI is InChI=1S/C21H27ClN2.2ClH/c1-16-9-11-17(12-10-16)14-23-20-7-2-3-8-21(20)24-15-18-5-4-6-19(22)13-18;;/h4-6,9-13,20-21,23-24H,2-3,7-8,14-15H2,1H3;2*1H. The highest BCUT2D eigenvalue weighted by atomic mass is 35.5. The number of nitrogens with one attached hydrogen (secondary N) is 2. The van der Waals surface area contributed by atoms with E-state index in [-0.39, 0.29) is 24.8 Å². The van der Waals surface area contributed by atoms with Crippen molar-refractivity contribution >= 4 is 36.4 Å². The van der Waals surface area contributed by atoms with Crippen LogP contribution in [0.5, 0.6) is 0 Å². The van der Waals surface area contributed by atoms with Gasteiger partial charge in [-0.3, -0.25) is 0 Å². The summed E-state index contributed by atoms with van der Waals surface area (Å²) in [6, 6.07) is 18.0. The number of rotatable bonds is 6. The van der Waals surface area contributed by atoms with Crippen molar-refractivity contribution in [2.75, 3.05) is 0 Å². The zero-order valence-corrected chi connectivity index (χ0v) is 17.6. The minimum absolute atomic E-state index is 0. The van der Waals surface area contributed by atoms with E-state index in [2.05, 4.69) is 47.9 Å². The van der Waals surface area contributed by atoms with Crippen molar-refractivity contribution < 1.29 is 0 Å². The van der Waals surface area contributed by atoms with Crippen molar-refractivity contribution in [3.05, 3.63) is 70.2 Å². The van der Waals surface area contributed by atoms with Crippen molar-refractivity contribution in [3.63, 3.8) is 0 Å². The summed E-state index contributed by atoms with van der Waals surface area (Å²) in [6.45, 7) is 3.96. The number of benzene rings is 2. The normalized spacial score (nSPS) is 19.3. The van der Waals surface area contributed by atoms with Gasteiger partial charge in [0.1, 0.15) is 0 Å². The van der Waals surface area contributed by atoms with Gasteiger partial charge in [0.15, 0.2) is 0 Å². The molecule has 0 bridgehead atoms. The molecular weight excluding hydrogens is 387 g/mol. The molecule has 0 spiro atoms. The van der Waals surface area contributed by atoms with Crippen LogP contribution in [0.4, 0.5) is 0 Å². The number of halogens is 3. The monoisotopic (exact) mass is 414 g/mol. The van der Waals surface area contributed by atoms with Gasteiger partial charge in [-0.15, -0.1) is 24.8 Å². The Morgan fingerprint density at radius 2 is 1.42 bits per heavy atom. The molecule has 0 amide bonds. The van der Waals surface area contributed by atoms with Crippen molar-refractivity contribution in [1.82, 2.24) is 10.6 Å². The van der Waals surface area contributed by atoms with Crippen LogP contribution in [0.3, 0.4) is 0 Å². The molecule has 2 aromatic carbocycles. The van der Waals surface area contributed by atoms with Crippen LogP contribution in [0, 0.1) is 6.92 Å². The Balaban J connectivity index is 0.00000169. The minimum Gasteiger partial charge on any atom is -0.308 e. The molecule has 0 heterocycles. The molecule has 2 unspecified atom stereocenters. The Kier molecular flexibility index (Phi) is 10.6. The molecule has 5 heteroatoms. The van der Waals surface area contributed by atoms with Crippen molar-refractivity contribution in [3.8, 4) is 0 Å². The first-order valence-electron chi connectivity index (χ1n) is 8.97. The molecule has 0 radical (unpaired) electrons. The molecule has 0 aliphatic heterocycles. The summed E-state index contributed by atoms with van der Waals surface area (Å²) >= 11 is 6.08. The third kappa shape index (κ3) is 7.09. The van der Waals surface area contributed by atoms with Crippen molar-refractivity contribution in [2.45, 2.75) is 57.8 Å². The molecule has 1 aliphatic carbocycles. The maximum atomic E-state index is 6.08. The first kappa shape index (κ1) is 23.3. The smallest absolute Gasteiger partial charge is 0.0409 e. The number of hydrogen-bond acceptors (Lipinski definition) is 2. The summed E-state index contributed by atoms with van der Waals surface area (Å²) in [4.78, 5) is 0. The van der Waals surface area contributed by atoms with E-state index in [1.165, 1.54) is 42.4 Å². The van der Waals surface area contributed by atoms with E-state index in [1.807, 2.05) is 18.2 Å². The highest BCUT2D eigenvalue weighted by Gasteiger charge is 2.24. The Bertz CT molecular complexity index is 646. The summed E-state index contributed by atoms with van der Waals surface area (Å²) in [5.41, 5.74) is 3.93. The second kappa shape index (κ2) is 11.8. The molecule has 0 saturated heterocycles. The third-order valence-electron chi connectivity index (χ3n) is 4.91. The van der Waals surface area contributed by atoms with Crippen LogP contribution >= 0.6 is 36.4 Å². The molecule has 2 N–H and O–H groups in total. The fraction of sp³-hybridized carbons (Fsp3) is 0.429. The van der Waals surface area contributed by atoms with Crippen molar-refractivity contribution in [2.24, 2.45) is 0 Å². The second-order valence-electron chi connectivity index (χ2n) is 6.87. The predicted octanol–water partition coefficient (Wildman–Crippen LogP) is 5.68. The SMILES string of the molecule is Cc1ccc(CNC2CCCCC2NCc2cccc(Cl)c2)cc1.Cl.Cl. The Morgan fingerprint density at radius 3 is 2.00 bits per heavy atom. The third-order valence-corrected chi connectivity index (χ3v) is 5.15. The van der Waals surface area contributed by atoms with Crippen LogP contribution in [0.25, 0.3) is 0 Å². The van der Waals surface area contributed by atoms with Gasteiger partial charge < -0.3 is 10.6 Å². The zero-order chi connectivity index (χ0) is 16.8. The van der Waals surface area contributed by atoms with E-state index in [0.717, 1.165) is 18.1 Å². The Hall–Kier alpha value is -0.770. The average Bonchev–Trinajstić information content (AvgIpc) is 2.60. The van der Waals surface area contributed by atoms with Crippen LogP contribution in [-0.4, -0.2) is 12.1 Å². The maximum absolute atomic E-state index is 6.08. The lowest BCUT2D eigenvalue weighted by Crippen LogP contribution is -2.49. The van der Waals surface area contributed by atoms with E-state index in [0.29, 0.717) is 12.1 Å². The van der Waals surface area contributed by atoms with E-state index in [1.54, 1.807) is 0 Å². The number of hydrogen-bond donors (Lipinski definition) is 2. The molecule has 1 fully saturated rings. The van der Waals surface area contributed by atoms with Gasteiger partial charge in [0.25, 0.3) is 0 Å². The van der Waals surface area contributed by atoms with Gasteiger partial charge in [-0.1, -0.05) is 66.4 Å². The molecular formula is C21H29Cl3N2. The second-order valence-corrected chi connectivity index (χ2v) is 7.31. The minimum atomic E-state index is 0. The first-order valence-corrected chi connectivity index (χ1v) is 9.35. The maximum Gasteiger partial charge on any atom is 0.0409 e. The van der Waals surface area contributed by atoms with Gasteiger partial charge in [-0.05, 0) is 43.0 Å². The summed E-state index contributed by atoms with van der Waals surface area (Å²) in [7, 11) is 0. The van der Waals surface area contributed by atoms with Gasteiger partial charge in [0, 0.05) is 30.2 Å². The van der Waals surface area contributed by atoms with Crippen molar-refractivity contribution in [1.29, 1.82) is 0 Å². The first-order chi connectivity index (χ1) is 11.7. The van der Waals surface area contributed by atoms with Gasteiger partial charge in [-0.2, -0.15) is 0 Å². The number of aryl methyl sites for hydroxylation is 1. The summed E-state index contributed by atoms with van der Waals surface area (Å²) in [6.07, 6.45) is 5.13. The molecule has 2 aromatic rings. The largest absolute Gasteiger partial charge is 0.308 e. The molecule has 2 nitrogen and oxygen atoms in total. The fourth-order valence-electron chi connectivity index (χ4n) is 3.47. The fourth-order valence-corrected chi connectivity index (χ4v) is 3.68. The topological polar surface area (TPSA) is 24.1 Å². The van der Waals surface area contributed by atoms with E-state index < -0.39 is 0 Å². The average molecular weight is 416 g/mol. The zero-order valence-electron chi connectivity index (χ0n) is 15.2. The summed E-state index contributed by atoms with van der Waals surface area (Å²) < 4.78 is 0. The van der Waals surface area contributed by atoms with Crippen LogP contribution < -0.4 is 10.6 Å². The van der Waals surface area contributed by atoms with Crippen LogP contribution in [0.1, 0.15) is 42.4 Å². The van der Waals surface area contributed by atoms with E-state index in [9.17, 15) is 0 Å². The lowest BCUT2D eigenvalue weighted by atomic mass is 9.90. The molecule has 3 rings (SSSR count). The Morgan fingerprint density at radius 1 is 0.846 bits per heavy atom. The van der Waals surface area contributed by atoms with Gasteiger partial charge in [-0.25, -0.2) is 0 Å². The van der Waals surface area contributed by atoms with Gasteiger partial charge >= 0.3 is 0 Å². The van der Waals surface area contributed by atoms with Gasteiger partial charge in [0.2, 0.25) is 0 Å². The van der Waals surface area contributed by atoms with E-state index in [4.69, 9.17) is 11.6 Å². The predicted molar refractivity (Wildman–Crippen MR) is 117 cm³/mol. The molecule has 2 atom stereocenters. The Labute approximate surface area is 174 Å². The summed E-state index contributed by atoms with van der Waals surface area (Å²) in [5, 5.41) is 8.32. The lowest BCUT2D eigenvalue weighted by Gasteiger charge is -2.33. The molecule has 0 aromatic heterocycles. The summed E-state index contributed by atoms with van der Waals surface area (Å²) in [5.74, 6) is 0. The molecule has 144 valence electrons. The molecule has 1 aliphatic rings. The molecule has 26 heavy (non-hydrogen) atoms. The van der Waals surface area contributed by atoms with Crippen LogP contribution in [0.2, 0.25) is 5.02 Å². The quantitative estimate of drug-likeness (QED) is 0.634. The van der Waals surface area contributed by atoms with Gasteiger partial charge in [0.05, 0.1) is 0 Å². The highest BCUT2D eigenvalue weighted by molar-refractivity contribution is 6.30. The van der Waals surface area contributed by atoms with Crippen LogP contribution in [0.15, 0.2) is 48.5 Å². The molecule has 1 saturated carbocycles. The van der Waals surface area contributed by atoms with E-state index >= 15 is 0 Å². The lowest BCUT2D eigenvalue weighted by molar-refractivity contribution is 0.281. The highest BCUT2D eigenvalue weighted by Crippen LogP contribution is 2.20.